The van der Waals surface area contributed by atoms with Gasteiger partial charge in [0.25, 0.3) is 0 Å². The summed E-state index contributed by atoms with van der Waals surface area (Å²) in [5, 5.41) is 6.34. The van der Waals surface area contributed by atoms with Crippen LogP contribution in [0.15, 0.2) is 121 Å². The van der Waals surface area contributed by atoms with E-state index in [1.807, 2.05) is 23.6 Å². The molecule has 36 heavy (non-hydrogen) atoms. The van der Waals surface area contributed by atoms with E-state index in [0.29, 0.717) is 0 Å². The van der Waals surface area contributed by atoms with E-state index in [-0.39, 0.29) is 0 Å². The second kappa shape index (κ2) is 7.51. The maximum Gasteiger partial charge on any atom is 0.0963 e. The summed E-state index contributed by atoms with van der Waals surface area (Å²) in [6, 6.07) is 41.6. The average molecular weight is 477 g/mol. The predicted molar refractivity (Wildman–Crippen MR) is 154 cm³/mol. The lowest BCUT2D eigenvalue weighted by Gasteiger charge is -2.11. The van der Waals surface area contributed by atoms with E-state index in [2.05, 4.69) is 114 Å². The first-order valence-electron chi connectivity index (χ1n) is 12.1. The molecule has 0 saturated heterocycles. The van der Waals surface area contributed by atoms with E-state index >= 15 is 0 Å². The van der Waals surface area contributed by atoms with Gasteiger partial charge in [-0.3, -0.25) is 4.98 Å². The number of benzene rings is 5. The molecular formula is C33H20N2S. The van der Waals surface area contributed by atoms with Gasteiger partial charge >= 0.3 is 0 Å². The van der Waals surface area contributed by atoms with Crippen LogP contribution in [0.3, 0.4) is 0 Å². The van der Waals surface area contributed by atoms with Gasteiger partial charge in [0, 0.05) is 37.4 Å². The molecule has 5 aromatic carbocycles. The Labute approximate surface area is 211 Å². The minimum Gasteiger partial charge on any atom is -0.307 e. The molecule has 0 atom stereocenters. The molecule has 168 valence electrons. The summed E-state index contributed by atoms with van der Waals surface area (Å²) < 4.78 is 5.01. The van der Waals surface area contributed by atoms with Crippen molar-refractivity contribution < 1.29 is 0 Å². The summed E-state index contributed by atoms with van der Waals surface area (Å²) in [4.78, 5) is 4.80. The molecule has 0 bridgehead atoms. The molecule has 0 aliphatic carbocycles. The summed E-state index contributed by atoms with van der Waals surface area (Å²) in [7, 11) is 0. The zero-order valence-electron chi connectivity index (χ0n) is 19.3. The van der Waals surface area contributed by atoms with Crippen LogP contribution in [-0.4, -0.2) is 9.55 Å². The van der Waals surface area contributed by atoms with Crippen molar-refractivity contribution in [1.29, 1.82) is 0 Å². The molecule has 8 rings (SSSR count). The molecular weight excluding hydrogens is 456 g/mol. The van der Waals surface area contributed by atoms with Crippen LogP contribution < -0.4 is 0 Å². The highest BCUT2D eigenvalue weighted by molar-refractivity contribution is 7.26. The molecule has 0 N–H and O–H groups in total. The highest BCUT2D eigenvalue weighted by Crippen LogP contribution is 2.42. The molecule has 8 aromatic rings. The summed E-state index contributed by atoms with van der Waals surface area (Å²) in [5.74, 6) is 0. The Kier molecular flexibility index (Phi) is 4.13. The third-order valence-corrected chi connectivity index (χ3v) is 8.37. The monoisotopic (exact) mass is 476 g/mol. The Morgan fingerprint density at radius 1 is 0.583 bits per heavy atom. The normalized spacial score (nSPS) is 11.9. The van der Waals surface area contributed by atoms with Gasteiger partial charge < -0.3 is 4.57 Å². The van der Waals surface area contributed by atoms with Gasteiger partial charge in [0.05, 0.1) is 16.6 Å². The van der Waals surface area contributed by atoms with Crippen LogP contribution >= 0.6 is 11.3 Å². The van der Waals surface area contributed by atoms with Crippen LogP contribution in [0, 0.1) is 0 Å². The molecule has 0 aliphatic rings. The minimum absolute atomic E-state index is 1.04. The Morgan fingerprint density at radius 3 is 2.31 bits per heavy atom. The van der Waals surface area contributed by atoms with E-state index in [1.54, 1.807) is 0 Å². The highest BCUT2D eigenvalue weighted by Gasteiger charge is 2.18. The van der Waals surface area contributed by atoms with E-state index in [0.717, 1.165) is 16.7 Å². The molecule has 0 radical (unpaired) electrons. The zero-order chi connectivity index (χ0) is 23.6. The fourth-order valence-corrected chi connectivity index (χ4v) is 6.68. The third-order valence-electron chi connectivity index (χ3n) is 7.23. The van der Waals surface area contributed by atoms with Crippen molar-refractivity contribution in [2.75, 3.05) is 0 Å². The zero-order valence-corrected chi connectivity index (χ0v) is 20.2. The van der Waals surface area contributed by atoms with Crippen molar-refractivity contribution in [2.45, 2.75) is 0 Å². The van der Waals surface area contributed by atoms with Crippen molar-refractivity contribution in [1.82, 2.24) is 9.55 Å². The smallest absolute Gasteiger partial charge is 0.0963 e. The lowest BCUT2D eigenvalue weighted by Crippen LogP contribution is -1.94. The van der Waals surface area contributed by atoms with E-state index < -0.39 is 0 Å². The first-order chi connectivity index (χ1) is 17.8. The summed E-state index contributed by atoms with van der Waals surface area (Å²) in [6.45, 7) is 0. The van der Waals surface area contributed by atoms with Crippen LogP contribution in [0.1, 0.15) is 0 Å². The molecule has 0 saturated carbocycles. The van der Waals surface area contributed by atoms with Gasteiger partial charge in [-0.2, -0.15) is 0 Å². The molecule has 0 fully saturated rings. The van der Waals surface area contributed by atoms with Gasteiger partial charge in [0.15, 0.2) is 0 Å². The molecule has 3 heteroatoms. The molecule has 0 aliphatic heterocycles. The maximum atomic E-state index is 4.80. The number of hydrogen-bond donors (Lipinski definition) is 0. The first kappa shape index (κ1) is 19.8. The number of nitrogens with zero attached hydrogens (tertiary/aromatic N) is 2. The van der Waals surface area contributed by atoms with Gasteiger partial charge in [-0.05, 0) is 70.4 Å². The fraction of sp³-hybridized carbons (Fsp3) is 0. The van der Waals surface area contributed by atoms with Crippen LogP contribution in [0.25, 0.3) is 69.7 Å². The maximum absolute atomic E-state index is 4.80. The minimum atomic E-state index is 1.04. The Bertz CT molecular complexity index is 2100. The van der Waals surface area contributed by atoms with Crippen molar-refractivity contribution in [3.8, 4) is 16.8 Å². The standard InChI is InChI=1S/C33H20N2S/c1-2-7-23-20-24(12-11-21(23)6-1)22-13-15-25(16-14-22)35-28-9-5-19-34-32(28)27-17-18-30-31(33(27)35)26-8-3-4-10-29(26)36-30/h1-20H. The lowest BCUT2D eigenvalue weighted by molar-refractivity contribution is 1.18. The number of hydrogen-bond acceptors (Lipinski definition) is 2. The number of thiophene rings is 1. The number of rotatable bonds is 2. The molecule has 0 amide bonds. The van der Waals surface area contributed by atoms with Gasteiger partial charge in [-0.15, -0.1) is 11.3 Å². The van der Waals surface area contributed by atoms with Crippen LogP contribution in [0.4, 0.5) is 0 Å². The second-order valence-electron chi connectivity index (χ2n) is 9.25. The average Bonchev–Trinajstić information content (AvgIpc) is 3.48. The van der Waals surface area contributed by atoms with Gasteiger partial charge in [-0.1, -0.05) is 66.7 Å². The second-order valence-corrected chi connectivity index (χ2v) is 10.3. The van der Waals surface area contributed by atoms with E-state index in [9.17, 15) is 0 Å². The van der Waals surface area contributed by atoms with Crippen LogP contribution in [0.5, 0.6) is 0 Å². The van der Waals surface area contributed by atoms with Gasteiger partial charge in [0.2, 0.25) is 0 Å². The van der Waals surface area contributed by atoms with Crippen LogP contribution in [-0.2, 0) is 0 Å². The van der Waals surface area contributed by atoms with Crippen molar-refractivity contribution in [3.63, 3.8) is 0 Å². The number of aromatic nitrogens is 2. The van der Waals surface area contributed by atoms with Crippen molar-refractivity contribution in [2.24, 2.45) is 0 Å². The van der Waals surface area contributed by atoms with Crippen molar-refractivity contribution >= 4 is 64.2 Å². The molecule has 3 heterocycles. The summed E-state index contributed by atoms with van der Waals surface area (Å²) in [5.41, 5.74) is 7.01. The van der Waals surface area contributed by atoms with Gasteiger partial charge in [0.1, 0.15) is 0 Å². The van der Waals surface area contributed by atoms with Crippen LogP contribution in [0.2, 0.25) is 0 Å². The largest absolute Gasteiger partial charge is 0.307 e. The topological polar surface area (TPSA) is 17.8 Å². The van der Waals surface area contributed by atoms with E-state index in [4.69, 9.17) is 4.98 Å². The number of fused-ring (bicyclic) bond motifs is 8. The fourth-order valence-electron chi connectivity index (χ4n) is 5.57. The Hall–Kier alpha value is -4.47. The Morgan fingerprint density at radius 2 is 1.39 bits per heavy atom. The van der Waals surface area contributed by atoms with E-state index in [1.165, 1.54) is 53.0 Å². The van der Waals surface area contributed by atoms with Gasteiger partial charge in [-0.25, -0.2) is 0 Å². The predicted octanol–water partition coefficient (Wildman–Crippen LogP) is 9.37. The SMILES string of the molecule is c1ccc2cc(-c3ccc(-n4c5cccnc5c5ccc6sc7ccccc7c6c54)cc3)ccc2c1. The quantitative estimate of drug-likeness (QED) is 0.243. The van der Waals surface area contributed by atoms with Crippen molar-refractivity contribution in [3.05, 3.63) is 121 Å². The summed E-state index contributed by atoms with van der Waals surface area (Å²) >= 11 is 1.86. The third kappa shape index (κ3) is 2.81. The number of pyridine rings is 1. The summed E-state index contributed by atoms with van der Waals surface area (Å²) in [6.07, 6.45) is 1.89. The highest BCUT2D eigenvalue weighted by atomic mass is 32.1. The molecule has 2 nitrogen and oxygen atoms in total. The molecule has 0 spiro atoms. The molecule has 3 aromatic heterocycles. The lowest BCUT2D eigenvalue weighted by atomic mass is 10.0. The first-order valence-corrected chi connectivity index (χ1v) is 13.0. The Balaban J connectivity index is 1.39. The molecule has 0 unspecified atom stereocenters.